The van der Waals surface area contributed by atoms with E-state index in [1.54, 1.807) is 6.33 Å². The van der Waals surface area contributed by atoms with Crippen LogP contribution in [0.25, 0.3) is 107 Å². The molecule has 7 aromatic carbocycles. The largest absolute Gasteiger partial charge is 0.452 e. The maximum atomic E-state index is 6.53. The van der Waals surface area contributed by atoms with E-state index in [9.17, 15) is 0 Å². The van der Waals surface area contributed by atoms with Gasteiger partial charge in [0.2, 0.25) is 0 Å². The van der Waals surface area contributed by atoms with Crippen molar-refractivity contribution in [3.63, 3.8) is 0 Å². The highest BCUT2D eigenvalue weighted by atomic mass is 32.1. The van der Waals surface area contributed by atoms with Crippen LogP contribution in [0.2, 0.25) is 0 Å². The third kappa shape index (κ3) is 4.49. The monoisotopic (exact) mass is 686 g/mol. The van der Waals surface area contributed by atoms with Crippen LogP contribution < -0.4 is 0 Å². The molecule has 11 rings (SSSR count). The first-order valence-electron chi connectivity index (χ1n) is 17.0. The fourth-order valence-electron chi connectivity index (χ4n) is 7.61. The molecular weight excluding hydrogens is 661 g/mol. The number of furan rings is 1. The lowest BCUT2D eigenvalue weighted by atomic mass is 9.96. The van der Waals surface area contributed by atoms with Crippen molar-refractivity contribution in [2.45, 2.75) is 0 Å². The summed E-state index contributed by atoms with van der Waals surface area (Å²) in [6, 6.07) is 54.4. The molecular formula is C46H26N2OS2. The molecule has 0 fully saturated rings. The molecule has 0 spiro atoms. The van der Waals surface area contributed by atoms with Crippen LogP contribution in [0.1, 0.15) is 0 Å². The van der Waals surface area contributed by atoms with Crippen molar-refractivity contribution in [3.8, 4) is 44.6 Å². The van der Waals surface area contributed by atoms with E-state index in [1.165, 1.54) is 57.0 Å². The summed E-state index contributed by atoms with van der Waals surface area (Å²) < 4.78 is 11.8. The zero-order valence-corrected chi connectivity index (χ0v) is 28.8. The molecule has 238 valence electrons. The Bertz CT molecular complexity index is 3170. The summed E-state index contributed by atoms with van der Waals surface area (Å²) in [5, 5.41) is 6.20. The first-order chi connectivity index (χ1) is 25.3. The average Bonchev–Trinajstić information content (AvgIpc) is 3.89. The lowest BCUT2D eigenvalue weighted by Crippen LogP contribution is -1.88. The second-order valence-corrected chi connectivity index (χ2v) is 15.0. The minimum Gasteiger partial charge on any atom is -0.452 e. The minimum absolute atomic E-state index is 0.701. The molecule has 51 heavy (non-hydrogen) atoms. The summed E-state index contributed by atoms with van der Waals surface area (Å²) >= 11 is 3.71. The lowest BCUT2D eigenvalue weighted by molar-refractivity contribution is 0.667. The van der Waals surface area contributed by atoms with Crippen LogP contribution in [-0.4, -0.2) is 9.97 Å². The van der Waals surface area contributed by atoms with Gasteiger partial charge < -0.3 is 4.42 Å². The molecule has 0 atom stereocenters. The SMILES string of the molecule is c1cc(-c2cccc(-c3cccc4c3sc3ccccc34)c2)cc(-c2ncnc3c2oc2ccc(-c4cccc5c4sc4ccccc45)cc23)c1. The van der Waals surface area contributed by atoms with Gasteiger partial charge in [-0.15, -0.1) is 22.7 Å². The van der Waals surface area contributed by atoms with Gasteiger partial charge in [0.05, 0.1) is 0 Å². The smallest absolute Gasteiger partial charge is 0.180 e. The van der Waals surface area contributed by atoms with Crippen LogP contribution in [-0.2, 0) is 0 Å². The van der Waals surface area contributed by atoms with Crippen molar-refractivity contribution in [1.29, 1.82) is 0 Å². The standard InChI is InChI=1S/C46H26N2OS2/c1-3-19-40-34(13-1)36-17-7-15-32(45(36)50-40)29-11-5-9-27(23-29)28-10-6-12-31(24-28)42-44-43(48-26-47-42)38-25-30(21-22-39(38)49-44)33-16-8-18-37-35-14-2-4-20-41(35)51-46(33)37/h1-26H. The Morgan fingerprint density at radius 2 is 0.961 bits per heavy atom. The van der Waals surface area contributed by atoms with Crippen LogP contribution in [0.3, 0.4) is 0 Å². The average molecular weight is 687 g/mol. The maximum absolute atomic E-state index is 6.53. The maximum Gasteiger partial charge on any atom is 0.180 e. The van der Waals surface area contributed by atoms with Crippen molar-refractivity contribution >= 4 is 85.1 Å². The lowest BCUT2D eigenvalue weighted by Gasteiger charge is -2.09. The second kappa shape index (κ2) is 11.2. The van der Waals surface area contributed by atoms with Crippen molar-refractivity contribution in [2.24, 2.45) is 0 Å². The van der Waals surface area contributed by atoms with Gasteiger partial charge in [-0.2, -0.15) is 0 Å². The molecule has 0 radical (unpaired) electrons. The first kappa shape index (κ1) is 28.7. The Kier molecular flexibility index (Phi) is 6.29. The number of thiophene rings is 2. The first-order valence-corrected chi connectivity index (χ1v) is 18.6. The zero-order valence-electron chi connectivity index (χ0n) is 27.1. The summed E-state index contributed by atoms with van der Waals surface area (Å²) in [4.78, 5) is 9.52. The number of hydrogen-bond donors (Lipinski definition) is 0. The topological polar surface area (TPSA) is 38.9 Å². The highest BCUT2D eigenvalue weighted by Gasteiger charge is 2.18. The Morgan fingerprint density at radius 3 is 1.65 bits per heavy atom. The summed E-state index contributed by atoms with van der Waals surface area (Å²) in [7, 11) is 0. The van der Waals surface area contributed by atoms with Crippen molar-refractivity contribution in [1.82, 2.24) is 9.97 Å². The van der Waals surface area contributed by atoms with Crippen LogP contribution in [0.4, 0.5) is 0 Å². The van der Waals surface area contributed by atoms with Gasteiger partial charge in [0, 0.05) is 51.3 Å². The Balaban J connectivity index is 1.00. The molecule has 5 heteroatoms. The highest BCUT2D eigenvalue weighted by Crippen LogP contribution is 2.43. The Labute approximate surface area is 300 Å². The second-order valence-electron chi connectivity index (χ2n) is 12.9. The van der Waals surface area contributed by atoms with Crippen LogP contribution in [0.5, 0.6) is 0 Å². The quantitative estimate of drug-likeness (QED) is 0.185. The van der Waals surface area contributed by atoms with Gasteiger partial charge in [0.25, 0.3) is 0 Å². The molecule has 0 bridgehead atoms. The van der Waals surface area contributed by atoms with E-state index in [0.717, 1.165) is 44.4 Å². The molecule has 0 N–H and O–H groups in total. The van der Waals surface area contributed by atoms with Gasteiger partial charge in [-0.25, -0.2) is 9.97 Å². The molecule has 4 heterocycles. The van der Waals surface area contributed by atoms with E-state index in [4.69, 9.17) is 14.4 Å². The third-order valence-corrected chi connectivity index (χ3v) is 12.5. The van der Waals surface area contributed by atoms with Gasteiger partial charge in [-0.05, 0) is 69.8 Å². The summed E-state index contributed by atoms with van der Waals surface area (Å²) in [5.41, 5.74) is 11.2. The van der Waals surface area contributed by atoms with Crippen molar-refractivity contribution in [2.75, 3.05) is 0 Å². The predicted octanol–water partition coefficient (Wildman–Crippen LogP) is 13.8. The number of fused-ring (bicyclic) bond motifs is 9. The molecule has 0 saturated heterocycles. The summed E-state index contributed by atoms with van der Waals surface area (Å²) in [5.74, 6) is 0. The van der Waals surface area contributed by atoms with E-state index in [1.807, 2.05) is 22.7 Å². The number of hydrogen-bond acceptors (Lipinski definition) is 5. The van der Waals surface area contributed by atoms with E-state index in [-0.39, 0.29) is 0 Å². The predicted molar refractivity (Wildman–Crippen MR) is 217 cm³/mol. The van der Waals surface area contributed by atoms with E-state index < -0.39 is 0 Å². The highest BCUT2D eigenvalue weighted by molar-refractivity contribution is 7.26. The van der Waals surface area contributed by atoms with Gasteiger partial charge in [0.15, 0.2) is 5.58 Å². The molecule has 0 aliphatic carbocycles. The Hall–Kier alpha value is -6.14. The fourth-order valence-corrected chi connectivity index (χ4v) is 10.1. The number of nitrogens with zero attached hydrogens (tertiary/aromatic N) is 2. The van der Waals surface area contributed by atoms with Crippen LogP contribution in [0, 0.1) is 0 Å². The minimum atomic E-state index is 0.701. The fraction of sp³-hybridized carbons (Fsp3) is 0. The summed E-state index contributed by atoms with van der Waals surface area (Å²) in [6.45, 7) is 0. The summed E-state index contributed by atoms with van der Waals surface area (Å²) in [6.07, 6.45) is 1.66. The van der Waals surface area contributed by atoms with Crippen molar-refractivity contribution in [3.05, 3.63) is 158 Å². The normalized spacial score (nSPS) is 11.9. The molecule has 0 unspecified atom stereocenters. The number of aromatic nitrogens is 2. The van der Waals surface area contributed by atoms with Gasteiger partial charge in [0.1, 0.15) is 23.1 Å². The van der Waals surface area contributed by atoms with E-state index in [0.29, 0.717) is 5.58 Å². The molecule has 0 amide bonds. The molecule has 0 aliphatic rings. The molecule has 11 aromatic rings. The zero-order chi connectivity index (χ0) is 33.5. The van der Waals surface area contributed by atoms with Gasteiger partial charge in [-0.1, -0.05) is 115 Å². The molecule has 3 nitrogen and oxygen atoms in total. The number of benzene rings is 7. The molecule has 0 saturated carbocycles. The molecule has 0 aliphatic heterocycles. The van der Waals surface area contributed by atoms with Gasteiger partial charge in [-0.3, -0.25) is 0 Å². The third-order valence-electron chi connectivity index (χ3n) is 10.0. The Morgan fingerprint density at radius 1 is 0.412 bits per heavy atom. The van der Waals surface area contributed by atoms with Crippen LogP contribution in [0.15, 0.2) is 162 Å². The van der Waals surface area contributed by atoms with E-state index in [2.05, 4.69) is 152 Å². The van der Waals surface area contributed by atoms with Crippen LogP contribution >= 0.6 is 22.7 Å². The number of rotatable bonds is 4. The molecule has 4 aromatic heterocycles. The van der Waals surface area contributed by atoms with Gasteiger partial charge >= 0.3 is 0 Å². The van der Waals surface area contributed by atoms with E-state index >= 15 is 0 Å². The van der Waals surface area contributed by atoms with Crippen molar-refractivity contribution < 1.29 is 4.42 Å².